The first-order valence-electron chi connectivity index (χ1n) is 41.4. The number of aliphatic hydroxyl groups excluding tert-OH is 1. The Hall–Kier alpha value is -1.94. The highest BCUT2D eigenvalue weighted by Crippen LogP contribution is 2.45. The number of rotatable bonds is 78. The maximum Gasteiger partial charge on any atom is 0.472 e. The summed E-state index contributed by atoms with van der Waals surface area (Å²) in [5.41, 5.74) is 0. The molecule has 17 nitrogen and oxygen atoms in total. The minimum absolute atomic E-state index is 0.107. The van der Waals surface area contributed by atoms with Crippen molar-refractivity contribution in [3.63, 3.8) is 0 Å². The molecule has 0 radical (unpaired) electrons. The lowest BCUT2D eigenvalue weighted by Crippen LogP contribution is -2.30. The Balaban J connectivity index is 5.26. The normalized spacial score (nSPS) is 14.3. The third-order valence-corrected chi connectivity index (χ3v) is 20.9. The van der Waals surface area contributed by atoms with E-state index in [4.69, 9.17) is 37.0 Å². The van der Waals surface area contributed by atoms with Gasteiger partial charge in [-0.3, -0.25) is 37.3 Å². The predicted molar refractivity (Wildman–Crippen MR) is 405 cm³/mol. The van der Waals surface area contributed by atoms with Crippen molar-refractivity contribution in [3.05, 3.63) is 0 Å². The second-order valence-corrected chi connectivity index (χ2v) is 32.9. The van der Waals surface area contributed by atoms with Gasteiger partial charge in [0.25, 0.3) is 0 Å². The molecule has 0 fully saturated rings. The van der Waals surface area contributed by atoms with Crippen molar-refractivity contribution in [2.75, 3.05) is 39.6 Å². The molecule has 0 heterocycles. The number of hydrogen-bond donors (Lipinski definition) is 3. The first-order chi connectivity index (χ1) is 47.8. The van der Waals surface area contributed by atoms with Crippen LogP contribution < -0.4 is 0 Å². The molecule has 0 aliphatic carbocycles. The third-order valence-electron chi connectivity index (χ3n) is 19.0. The van der Waals surface area contributed by atoms with Crippen LogP contribution in [0.4, 0.5) is 0 Å². The quantitative estimate of drug-likeness (QED) is 0.0222. The van der Waals surface area contributed by atoms with Gasteiger partial charge < -0.3 is 33.8 Å². The molecule has 3 unspecified atom stereocenters. The van der Waals surface area contributed by atoms with E-state index in [1.807, 2.05) is 0 Å². The highest BCUT2D eigenvalue weighted by atomic mass is 31.2. The summed E-state index contributed by atoms with van der Waals surface area (Å²) < 4.78 is 68.7. The minimum atomic E-state index is -4.96. The first-order valence-corrected chi connectivity index (χ1v) is 44.4. The molecular formula is C80H156O17P2. The number of unbranched alkanes of at least 4 members (excludes halogenated alkanes) is 45. The zero-order chi connectivity index (χ0) is 73.0. The number of aliphatic hydroxyl groups is 1. The van der Waals surface area contributed by atoms with Crippen molar-refractivity contribution < 1.29 is 80.2 Å². The largest absolute Gasteiger partial charge is 0.472 e. The van der Waals surface area contributed by atoms with Crippen LogP contribution in [-0.2, 0) is 65.4 Å². The molecule has 0 aromatic carbocycles. The van der Waals surface area contributed by atoms with E-state index >= 15 is 0 Å². The van der Waals surface area contributed by atoms with E-state index in [-0.39, 0.29) is 25.7 Å². The van der Waals surface area contributed by atoms with E-state index in [1.54, 1.807) is 0 Å². The number of ether oxygens (including phenoxy) is 4. The van der Waals surface area contributed by atoms with Gasteiger partial charge in [-0.15, -0.1) is 0 Å². The molecule has 99 heavy (non-hydrogen) atoms. The van der Waals surface area contributed by atoms with Gasteiger partial charge >= 0.3 is 39.5 Å². The maximum atomic E-state index is 13.1. The summed E-state index contributed by atoms with van der Waals surface area (Å²) >= 11 is 0. The van der Waals surface area contributed by atoms with Crippen molar-refractivity contribution in [1.29, 1.82) is 0 Å². The lowest BCUT2D eigenvalue weighted by atomic mass is 9.99. The van der Waals surface area contributed by atoms with Gasteiger partial charge in [-0.1, -0.05) is 363 Å². The Bertz CT molecular complexity index is 1920. The van der Waals surface area contributed by atoms with E-state index in [0.717, 1.165) is 108 Å². The van der Waals surface area contributed by atoms with Gasteiger partial charge in [0.2, 0.25) is 0 Å². The molecule has 0 saturated heterocycles. The van der Waals surface area contributed by atoms with E-state index in [2.05, 4.69) is 48.5 Å². The Morgan fingerprint density at radius 1 is 0.293 bits per heavy atom. The Morgan fingerprint density at radius 2 is 0.515 bits per heavy atom. The Morgan fingerprint density at radius 3 is 0.768 bits per heavy atom. The number of carbonyl (C=O) groups is 4. The fourth-order valence-corrected chi connectivity index (χ4v) is 13.9. The topological polar surface area (TPSA) is 237 Å². The second-order valence-electron chi connectivity index (χ2n) is 30.0. The van der Waals surface area contributed by atoms with Gasteiger partial charge in [0.15, 0.2) is 12.2 Å². The van der Waals surface area contributed by atoms with Crippen molar-refractivity contribution in [1.82, 2.24) is 0 Å². The van der Waals surface area contributed by atoms with Gasteiger partial charge in [-0.2, -0.15) is 0 Å². The SMILES string of the molecule is CCCCCCCCCCCCCCCC(=O)O[C@H](COC(=O)CCCCCCCCCCC(C)C)COP(=O)(O)OC[C@H](O)COP(=O)(O)OC[C@@H](COC(=O)CCCCCCCCCCCCCCCCC(C)C)OC(=O)CCCCCCCCCCCCCCCCC(C)CC. The molecule has 3 N–H and O–H groups in total. The number of phosphoric acid groups is 2. The molecule has 0 aromatic rings. The molecule has 0 bridgehead atoms. The van der Waals surface area contributed by atoms with Crippen LogP contribution in [-0.4, -0.2) is 96.7 Å². The molecule has 19 heteroatoms. The number of esters is 4. The zero-order valence-corrected chi connectivity index (χ0v) is 66.8. The molecule has 6 atom stereocenters. The van der Waals surface area contributed by atoms with Gasteiger partial charge in [0.1, 0.15) is 19.3 Å². The van der Waals surface area contributed by atoms with Crippen LogP contribution in [0.3, 0.4) is 0 Å². The van der Waals surface area contributed by atoms with Crippen LogP contribution in [0.15, 0.2) is 0 Å². The average molecular weight is 1450 g/mol. The average Bonchev–Trinajstić information content (AvgIpc) is 0.981. The molecule has 588 valence electrons. The van der Waals surface area contributed by atoms with Crippen molar-refractivity contribution >= 4 is 39.5 Å². The minimum Gasteiger partial charge on any atom is -0.462 e. The maximum absolute atomic E-state index is 13.1. The van der Waals surface area contributed by atoms with E-state index < -0.39 is 97.5 Å². The fourth-order valence-electron chi connectivity index (χ4n) is 12.3. The van der Waals surface area contributed by atoms with Gasteiger partial charge in [-0.25, -0.2) is 9.13 Å². The lowest BCUT2D eigenvalue weighted by molar-refractivity contribution is -0.161. The highest BCUT2D eigenvalue weighted by Gasteiger charge is 2.30. The standard InChI is InChI=1S/C80H156O17P2/c1-8-10-11-12-13-14-15-20-28-33-42-49-56-63-79(84)97-76(68-91-78(83)62-55-48-41-36-35-38-45-52-59-72(5)6)70-95-99(88,89)93-66-74(81)65-92-98(86,87)94-69-75(67-90-77(82)61-54-47-40-32-27-23-18-16-21-25-30-37-44-51-58-71(3)4)96-80(85)64-57-50-43-34-29-24-19-17-22-26-31-39-46-53-60-73(7)9-2/h71-76,81H,8-70H2,1-7H3,(H,86,87)(H,88,89)/t73?,74-,75-,76-/m1/s1. The number of hydrogen-bond acceptors (Lipinski definition) is 15. The monoisotopic (exact) mass is 1450 g/mol. The molecule has 0 aromatic heterocycles. The summed E-state index contributed by atoms with van der Waals surface area (Å²) in [5, 5.41) is 10.6. The van der Waals surface area contributed by atoms with Crippen LogP contribution in [0.5, 0.6) is 0 Å². The molecule has 0 amide bonds. The van der Waals surface area contributed by atoms with E-state index in [1.165, 1.54) is 225 Å². The molecular weight excluding hydrogens is 1290 g/mol. The molecule has 0 saturated carbocycles. The first kappa shape index (κ1) is 97.1. The Kier molecular flexibility index (Phi) is 69.0. The van der Waals surface area contributed by atoms with Crippen LogP contribution in [0.25, 0.3) is 0 Å². The molecule has 0 rings (SSSR count). The van der Waals surface area contributed by atoms with Gasteiger partial charge in [0, 0.05) is 25.7 Å². The van der Waals surface area contributed by atoms with Gasteiger partial charge in [0.05, 0.1) is 26.4 Å². The third kappa shape index (κ3) is 72.8. The Labute approximate surface area is 607 Å². The van der Waals surface area contributed by atoms with Crippen molar-refractivity contribution in [3.8, 4) is 0 Å². The smallest absolute Gasteiger partial charge is 0.462 e. The van der Waals surface area contributed by atoms with Crippen molar-refractivity contribution in [2.45, 2.75) is 433 Å². The summed E-state index contributed by atoms with van der Waals surface area (Å²) in [5.74, 6) is 0.261. The molecule has 0 aliphatic heterocycles. The second kappa shape index (κ2) is 70.4. The summed E-state index contributed by atoms with van der Waals surface area (Å²) in [6.45, 7) is 12.0. The molecule has 0 aliphatic rings. The number of phosphoric ester groups is 2. The summed E-state index contributed by atoms with van der Waals surface area (Å²) in [6.07, 6.45) is 58.1. The fraction of sp³-hybridized carbons (Fsp3) is 0.950. The predicted octanol–water partition coefficient (Wildman–Crippen LogP) is 23.7. The summed E-state index contributed by atoms with van der Waals surface area (Å²) in [7, 11) is -9.92. The highest BCUT2D eigenvalue weighted by molar-refractivity contribution is 7.47. The van der Waals surface area contributed by atoms with Crippen LogP contribution in [0.2, 0.25) is 0 Å². The van der Waals surface area contributed by atoms with Crippen LogP contribution in [0, 0.1) is 17.8 Å². The van der Waals surface area contributed by atoms with Crippen LogP contribution in [0.1, 0.15) is 414 Å². The summed E-state index contributed by atoms with van der Waals surface area (Å²) in [4.78, 5) is 73.0. The lowest BCUT2D eigenvalue weighted by Gasteiger charge is -2.21. The number of carbonyl (C=O) groups excluding carboxylic acids is 4. The zero-order valence-electron chi connectivity index (χ0n) is 65.0. The van der Waals surface area contributed by atoms with Crippen LogP contribution >= 0.6 is 15.6 Å². The van der Waals surface area contributed by atoms with E-state index in [0.29, 0.717) is 25.7 Å². The van der Waals surface area contributed by atoms with E-state index in [9.17, 15) is 43.2 Å². The van der Waals surface area contributed by atoms with Gasteiger partial charge in [-0.05, 0) is 43.4 Å². The summed E-state index contributed by atoms with van der Waals surface area (Å²) in [6, 6.07) is 0. The van der Waals surface area contributed by atoms with Crippen molar-refractivity contribution in [2.24, 2.45) is 17.8 Å². The molecule has 0 spiro atoms.